The number of carbonyl (C=O) groups excluding carboxylic acids is 1. The number of amides is 1. The van der Waals surface area contributed by atoms with Gasteiger partial charge in [-0.3, -0.25) is 9.79 Å². The smallest absolute Gasteiger partial charge is 0.220 e. The predicted octanol–water partition coefficient (Wildman–Crippen LogP) is 3.85. The van der Waals surface area contributed by atoms with Crippen molar-refractivity contribution in [2.45, 2.75) is 32.3 Å². The van der Waals surface area contributed by atoms with Crippen LogP contribution in [0, 0.1) is 5.92 Å². The number of piperidine rings is 1. The number of nitrogens with zero attached hydrogens (tertiary/aromatic N) is 2. The molecule has 1 heterocycles. The van der Waals surface area contributed by atoms with Gasteiger partial charge in [0.05, 0.1) is 0 Å². The lowest BCUT2D eigenvalue weighted by atomic mass is 9.93. The minimum atomic E-state index is 0. The number of benzene rings is 2. The first kappa shape index (κ1) is 26.0. The highest BCUT2D eigenvalue weighted by Gasteiger charge is 2.22. The van der Waals surface area contributed by atoms with Gasteiger partial charge in [-0.2, -0.15) is 0 Å². The molecule has 1 amide bonds. The molecule has 174 valence electrons. The van der Waals surface area contributed by atoms with Crippen LogP contribution in [0.25, 0.3) is 0 Å². The zero-order valence-electron chi connectivity index (χ0n) is 19.0. The van der Waals surface area contributed by atoms with Crippen molar-refractivity contribution in [3.05, 3.63) is 65.7 Å². The third kappa shape index (κ3) is 8.33. The van der Waals surface area contributed by atoms with E-state index in [4.69, 9.17) is 4.74 Å². The number of likely N-dealkylation sites (tertiary alicyclic amines) is 1. The Hall–Kier alpha value is -2.29. The summed E-state index contributed by atoms with van der Waals surface area (Å²) in [5, 5.41) is 6.20. The molecule has 0 radical (unpaired) electrons. The van der Waals surface area contributed by atoms with E-state index in [0.29, 0.717) is 18.9 Å². The summed E-state index contributed by atoms with van der Waals surface area (Å²) < 4.78 is 5.86. The summed E-state index contributed by atoms with van der Waals surface area (Å²) in [7, 11) is 3.53. The summed E-state index contributed by atoms with van der Waals surface area (Å²) in [6.45, 7) is 3.29. The van der Waals surface area contributed by atoms with Crippen molar-refractivity contribution >= 4 is 35.8 Å². The Morgan fingerprint density at radius 2 is 1.75 bits per heavy atom. The van der Waals surface area contributed by atoms with E-state index < -0.39 is 0 Å². The molecule has 2 aromatic carbocycles. The van der Waals surface area contributed by atoms with Crippen LogP contribution in [0.1, 0.15) is 30.4 Å². The zero-order valence-corrected chi connectivity index (χ0v) is 21.4. The molecule has 6 nitrogen and oxygen atoms in total. The van der Waals surface area contributed by atoms with Crippen LogP contribution in [0.15, 0.2) is 59.6 Å². The van der Waals surface area contributed by atoms with Gasteiger partial charge >= 0.3 is 0 Å². The number of halogens is 1. The number of hydrogen-bond acceptors (Lipinski definition) is 3. The molecule has 2 aromatic rings. The molecule has 1 saturated heterocycles. The number of guanidine groups is 1. The number of nitrogens with one attached hydrogen (secondary N) is 2. The molecule has 1 aliphatic rings. The van der Waals surface area contributed by atoms with Gasteiger partial charge in [0.1, 0.15) is 12.4 Å². The highest BCUT2D eigenvalue weighted by molar-refractivity contribution is 14.0. The van der Waals surface area contributed by atoms with Crippen LogP contribution in [0.2, 0.25) is 0 Å². The van der Waals surface area contributed by atoms with E-state index in [1.54, 1.807) is 7.05 Å². The Bertz CT molecular complexity index is 835. The maximum absolute atomic E-state index is 11.6. The maximum atomic E-state index is 11.6. The Kier molecular flexibility index (Phi) is 11.3. The van der Waals surface area contributed by atoms with Crippen LogP contribution in [0.4, 0.5) is 0 Å². The lowest BCUT2D eigenvalue weighted by molar-refractivity contribution is -0.121. The molecule has 0 spiro atoms. The van der Waals surface area contributed by atoms with Crippen LogP contribution < -0.4 is 15.4 Å². The van der Waals surface area contributed by atoms with Gasteiger partial charge in [-0.25, -0.2) is 0 Å². The van der Waals surface area contributed by atoms with Crippen molar-refractivity contribution in [1.82, 2.24) is 15.5 Å². The molecule has 0 atom stereocenters. The molecule has 7 heteroatoms. The Labute approximate surface area is 208 Å². The first-order valence-electron chi connectivity index (χ1n) is 11.1. The van der Waals surface area contributed by atoms with Gasteiger partial charge in [0.25, 0.3) is 0 Å². The van der Waals surface area contributed by atoms with Crippen LogP contribution in [-0.2, 0) is 17.8 Å². The molecular formula is C25H35IN4O2. The fourth-order valence-electron chi connectivity index (χ4n) is 3.86. The molecule has 3 rings (SSSR count). The Balaban J connectivity index is 0.00000363. The van der Waals surface area contributed by atoms with Crippen molar-refractivity contribution in [3.63, 3.8) is 0 Å². The lowest BCUT2D eigenvalue weighted by Gasteiger charge is -2.34. The van der Waals surface area contributed by atoms with Gasteiger partial charge in [0, 0.05) is 40.2 Å². The average molecular weight is 550 g/mol. The van der Waals surface area contributed by atoms with Crippen molar-refractivity contribution in [2.24, 2.45) is 10.9 Å². The summed E-state index contributed by atoms with van der Waals surface area (Å²) in [4.78, 5) is 18.3. The number of rotatable bonds is 8. The number of hydrogen-bond donors (Lipinski definition) is 2. The van der Waals surface area contributed by atoms with Crippen LogP contribution in [-0.4, -0.2) is 50.5 Å². The molecule has 0 aromatic heterocycles. The molecule has 2 N–H and O–H groups in total. The third-order valence-corrected chi connectivity index (χ3v) is 5.75. The van der Waals surface area contributed by atoms with Crippen molar-refractivity contribution < 1.29 is 9.53 Å². The first-order chi connectivity index (χ1) is 15.2. The van der Waals surface area contributed by atoms with Crippen LogP contribution in [0.5, 0.6) is 5.75 Å². The number of aliphatic imine (C=N–C) groups is 1. The van der Waals surface area contributed by atoms with Gasteiger partial charge in [-0.15, -0.1) is 24.0 Å². The Morgan fingerprint density at radius 1 is 1.06 bits per heavy atom. The largest absolute Gasteiger partial charge is 0.489 e. The molecule has 1 fully saturated rings. The summed E-state index contributed by atoms with van der Waals surface area (Å²) in [5.41, 5.74) is 2.43. The Morgan fingerprint density at radius 3 is 2.38 bits per heavy atom. The average Bonchev–Trinajstić information content (AvgIpc) is 2.82. The maximum Gasteiger partial charge on any atom is 0.220 e. The first-order valence-corrected chi connectivity index (χ1v) is 11.1. The van der Waals surface area contributed by atoms with Crippen molar-refractivity contribution in [3.8, 4) is 5.75 Å². The minimum absolute atomic E-state index is 0. The third-order valence-electron chi connectivity index (χ3n) is 5.75. The quantitative estimate of drug-likeness (QED) is 0.298. The fraction of sp³-hybridized carbons (Fsp3) is 0.440. The normalized spacial score (nSPS) is 14.4. The predicted molar refractivity (Wildman–Crippen MR) is 141 cm³/mol. The highest BCUT2D eigenvalue weighted by atomic mass is 127. The van der Waals surface area contributed by atoms with Gasteiger partial charge in [0.15, 0.2) is 5.96 Å². The molecule has 1 aliphatic heterocycles. The van der Waals surface area contributed by atoms with Crippen molar-refractivity contribution in [1.29, 1.82) is 0 Å². The molecule has 0 unspecified atom stereocenters. The minimum Gasteiger partial charge on any atom is -0.489 e. The second kappa shape index (κ2) is 14.0. The number of ether oxygens (including phenoxy) is 1. The SMILES string of the molecule is CN=C(NCCc1ccc(OCc2ccccc2)cc1)N1CCC(CC(=O)NC)CC1.I. The van der Waals surface area contributed by atoms with E-state index >= 15 is 0 Å². The van der Waals surface area contributed by atoms with Gasteiger partial charge in [-0.05, 0) is 48.4 Å². The molecular weight excluding hydrogens is 515 g/mol. The molecule has 0 aliphatic carbocycles. The van der Waals surface area contributed by atoms with Crippen LogP contribution in [0.3, 0.4) is 0 Å². The van der Waals surface area contributed by atoms with Gasteiger partial charge in [-0.1, -0.05) is 42.5 Å². The van der Waals surface area contributed by atoms with E-state index in [-0.39, 0.29) is 29.9 Å². The summed E-state index contributed by atoms with van der Waals surface area (Å²) in [6, 6.07) is 18.5. The fourth-order valence-corrected chi connectivity index (χ4v) is 3.86. The van der Waals surface area contributed by atoms with E-state index in [0.717, 1.165) is 50.6 Å². The second-order valence-electron chi connectivity index (χ2n) is 7.95. The van der Waals surface area contributed by atoms with E-state index in [1.807, 2.05) is 37.4 Å². The summed E-state index contributed by atoms with van der Waals surface area (Å²) in [5.74, 6) is 2.44. The molecule has 0 saturated carbocycles. The van der Waals surface area contributed by atoms with Crippen LogP contribution >= 0.6 is 24.0 Å². The van der Waals surface area contributed by atoms with E-state index in [1.165, 1.54) is 11.1 Å². The van der Waals surface area contributed by atoms with E-state index in [9.17, 15) is 4.79 Å². The molecule has 0 bridgehead atoms. The van der Waals surface area contributed by atoms with Gasteiger partial charge < -0.3 is 20.3 Å². The lowest BCUT2D eigenvalue weighted by Crippen LogP contribution is -2.46. The highest BCUT2D eigenvalue weighted by Crippen LogP contribution is 2.20. The summed E-state index contributed by atoms with van der Waals surface area (Å²) in [6.07, 6.45) is 3.60. The monoisotopic (exact) mass is 550 g/mol. The number of carbonyl (C=O) groups is 1. The second-order valence-corrected chi connectivity index (χ2v) is 7.95. The molecule has 32 heavy (non-hydrogen) atoms. The topological polar surface area (TPSA) is 66.0 Å². The zero-order chi connectivity index (χ0) is 21.9. The standard InChI is InChI=1S/C25H34N4O2.HI/c1-26-24(30)18-21-13-16-29(17-14-21)25(27-2)28-15-12-20-8-10-23(11-9-20)31-19-22-6-4-3-5-7-22;/h3-11,21H,12-19H2,1-2H3,(H,26,30)(H,27,28);1H. The van der Waals surface area contributed by atoms with E-state index in [2.05, 4.69) is 44.8 Å². The van der Waals surface area contributed by atoms with Gasteiger partial charge in [0.2, 0.25) is 5.91 Å². The van der Waals surface area contributed by atoms with Crippen molar-refractivity contribution in [2.75, 3.05) is 33.7 Å². The summed E-state index contributed by atoms with van der Waals surface area (Å²) >= 11 is 0.